The molecule has 0 spiro atoms. The van der Waals surface area contributed by atoms with Gasteiger partial charge in [0, 0.05) is 23.2 Å². The first-order valence-electron chi connectivity index (χ1n) is 8.66. The van der Waals surface area contributed by atoms with Gasteiger partial charge in [0.25, 0.3) is 11.8 Å². The number of ether oxygens (including phenoxy) is 2. The van der Waals surface area contributed by atoms with Gasteiger partial charge in [-0.3, -0.25) is 9.59 Å². The fraction of sp³-hybridized carbons (Fsp3) is 0.211. The van der Waals surface area contributed by atoms with Gasteiger partial charge in [-0.1, -0.05) is 0 Å². The van der Waals surface area contributed by atoms with Crippen LogP contribution in [-0.4, -0.2) is 34.6 Å². The minimum Gasteiger partial charge on any atom is -0.454 e. The number of pyridine rings is 1. The van der Waals surface area contributed by atoms with E-state index in [0.29, 0.717) is 39.3 Å². The van der Waals surface area contributed by atoms with Crippen molar-refractivity contribution in [3.8, 4) is 11.5 Å². The monoisotopic (exact) mass is 364 g/mol. The van der Waals surface area contributed by atoms with Gasteiger partial charge < -0.3 is 25.1 Å². The zero-order valence-corrected chi connectivity index (χ0v) is 14.2. The first-order valence-corrected chi connectivity index (χ1v) is 8.66. The van der Waals surface area contributed by atoms with Crippen LogP contribution in [0.4, 0.5) is 5.69 Å². The van der Waals surface area contributed by atoms with Crippen LogP contribution in [0, 0.1) is 0 Å². The van der Waals surface area contributed by atoms with Crippen LogP contribution in [0.1, 0.15) is 33.6 Å². The van der Waals surface area contributed by atoms with Crippen LogP contribution in [0.15, 0.2) is 36.7 Å². The maximum atomic E-state index is 12.5. The van der Waals surface area contributed by atoms with Gasteiger partial charge in [0.05, 0.1) is 17.4 Å². The molecule has 2 aromatic heterocycles. The molecule has 1 fully saturated rings. The molecular weight excluding hydrogens is 348 g/mol. The molecule has 1 aliphatic carbocycles. The molecule has 27 heavy (non-hydrogen) atoms. The average molecular weight is 364 g/mol. The number of H-pyrrole nitrogens is 1. The van der Waals surface area contributed by atoms with Gasteiger partial charge in [0.15, 0.2) is 11.5 Å². The SMILES string of the molecule is O=C(Nc1cnc2[nH]cc(C(=O)NC3CC3)c2c1)c1ccc2c(c1)OCO2. The average Bonchev–Trinajstić information content (AvgIpc) is 3.19. The van der Waals surface area contributed by atoms with E-state index in [1.54, 1.807) is 36.7 Å². The molecule has 136 valence electrons. The summed E-state index contributed by atoms with van der Waals surface area (Å²) in [6.07, 6.45) is 5.22. The Hall–Kier alpha value is -3.55. The zero-order chi connectivity index (χ0) is 18.4. The van der Waals surface area contributed by atoms with E-state index < -0.39 is 0 Å². The number of anilines is 1. The fourth-order valence-electron chi connectivity index (χ4n) is 2.99. The fourth-order valence-corrected chi connectivity index (χ4v) is 2.99. The summed E-state index contributed by atoms with van der Waals surface area (Å²) < 4.78 is 10.6. The number of rotatable bonds is 4. The normalized spacial score (nSPS) is 15.0. The Labute approximate surface area is 153 Å². The predicted molar refractivity (Wildman–Crippen MR) is 97.1 cm³/mol. The second-order valence-corrected chi connectivity index (χ2v) is 6.59. The van der Waals surface area contributed by atoms with Crippen LogP contribution in [-0.2, 0) is 0 Å². The van der Waals surface area contributed by atoms with E-state index in [1.165, 1.54) is 0 Å². The Balaban J connectivity index is 1.39. The van der Waals surface area contributed by atoms with Crippen LogP contribution in [0.2, 0.25) is 0 Å². The van der Waals surface area contributed by atoms with E-state index in [9.17, 15) is 9.59 Å². The summed E-state index contributed by atoms with van der Waals surface area (Å²) in [5.41, 5.74) is 2.06. The number of aromatic amines is 1. The number of nitrogens with zero attached hydrogens (tertiary/aromatic N) is 1. The van der Waals surface area contributed by atoms with Crippen molar-refractivity contribution in [1.82, 2.24) is 15.3 Å². The van der Waals surface area contributed by atoms with Gasteiger partial charge in [-0.05, 0) is 37.1 Å². The Morgan fingerprint density at radius 3 is 2.81 bits per heavy atom. The molecule has 2 aliphatic rings. The van der Waals surface area contributed by atoms with E-state index in [4.69, 9.17) is 9.47 Å². The molecule has 3 N–H and O–H groups in total. The topological polar surface area (TPSA) is 105 Å². The maximum Gasteiger partial charge on any atom is 0.255 e. The number of carbonyl (C=O) groups is 2. The van der Waals surface area contributed by atoms with E-state index in [2.05, 4.69) is 20.6 Å². The van der Waals surface area contributed by atoms with Crippen molar-refractivity contribution in [3.05, 3.63) is 47.8 Å². The van der Waals surface area contributed by atoms with Crippen molar-refractivity contribution in [2.24, 2.45) is 0 Å². The summed E-state index contributed by atoms with van der Waals surface area (Å²) in [6, 6.07) is 7.01. The van der Waals surface area contributed by atoms with Crippen LogP contribution in [0.25, 0.3) is 11.0 Å². The molecule has 8 nitrogen and oxygen atoms in total. The third-order valence-corrected chi connectivity index (χ3v) is 4.58. The van der Waals surface area contributed by atoms with Crippen LogP contribution >= 0.6 is 0 Å². The summed E-state index contributed by atoms with van der Waals surface area (Å²) >= 11 is 0. The number of fused-ring (bicyclic) bond motifs is 2. The van der Waals surface area contributed by atoms with Gasteiger partial charge in [-0.25, -0.2) is 4.98 Å². The zero-order valence-electron chi connectivity index (χ0n) is 14.2. The molecule has 1 aliphatic heterocycles. The molecule has 1 aromatic carbocycles. The summed E-state index contributed by atoms with van der Waals surface area (Å²) in [5, 5.41) is 6.43. The second-order valence-electron chi connectivity index (χ2n) is 6.59. The second kappa shape index (κ2) is 6.01. The number of hydrogen-bond donors (Lipinski definition) is 3. The number of aromatic nitrogens is 2. The molecule has 2 amide bonds. The number of amides is 2. The molecule has 5 rings (SSSR count). The first kappa shape index (κ1) is 15.7. The lowest BCUT2D eigenvalue weighted by Gasteiger charge is -2.07. The van der Waals surface area contributed by atoms with Crippen molar-refractivity contribution in [1.29, 1.82) is 0 Å². The van der Waals surface area contributed by atoms with Gasteiger partial charge in [-0.2, -0.15) is 0 Å². The third kappa shape index (κ3) is 2.95. The molecule has 8 heteroatoms. The van der Waals surface area contributed by atoms with E-state index >= 15 is 0 Å². The molecular formula is C19H16N4O4. The van der Waals surface area contributed by atoms with Crippen molar-refractivity contribution in [3.63, 3.8) is 0 Å². The maximum absolute atomic E-state index is 12.5. The molecule has 1 saturated carbocycles. The highest BCUT2D eigenvalue weighted by molar-refractivity contribution is 6.09. The van der Waals surface area contributed by atoms with Crippen molar-refractivity contribution in [2.75, 3.05) is 12.1 Å². The number of hydrogen-bond acceptors (Lipinski definition) is 5. The molecule has 0 bridgehead atoms. The Bertz CT molecular complexity index is 1070. The number of carbonyl (C=O) groups excluding carboxylic acids is 2. The van der Waals surface area contributed by atoms with Crippen LogP contribution < -0.4 is 20.1 Å². The Morgan fingerprint density at radius 1 is 1.11 bits per heavy atom. The Morgan fingerprint density at radius 2 is 1.96 bits per heavy atom. The minimum absolute atomic E-state index is 0.134. The molecule has 3 aromatic rings. The van der Waals surface area contributed by atoms with Gasteiger partial charge in [-0.15, -0.1) is 0 Å². The van der Waals surface area contributed by atoms with E-state index in [0.717, 1.165) is 12.8 Å². The smallest absolute Gasteiger partial charge is 0.255 e. The molecule has 0 radical (unpaired) electrons. The highest BCUT2D eigenvalue weighted by atomic mass is 16.7. The minimum atomic E-state index is -0.297. The summed E-state index contributed by atoms with van der Waals surface area (Å²) in [6.45, 7) is 0.153. The lowest BCUT2D eigenvalue weighted by molar-refractivity contribution is 0.0952. The van der Waals surface area contributed by atoms with Crippen molar-refractivity contribution < 1.29 is 19.1 Å². The number of benzene rings is 1. The lowest BCUT2D eigenvalue weighted by Crippen LogP contribution is -2.25. The molecule has 0 saturated heterocycles. The van der Waals surface area contributed by atoms with Crippen molar-refractivity contribution in [2.45, 2.75) is 18.9 Å². The standard InChI is InChI=1S/C19H16N4O4/c24-18(10-1-4-15-16(5-10)27-9-26-15)23-12-6-13-14(8-21-17(13)20-7-12)19(25)22-11-2-3-11/h1,4-8,11H,2-3,9H2,(H,20,21)(H,22,25)(H,23,24). The molecule has 0 atom stereocenters. The van der Waals surface area contributed by atoms with E-state index in [-0.39, 0.29) is 24.6 Å². The van der Waals surface area contributed by atoms with Crippen LogP contribution in [0.3, 0.4) is 0 Å². The highest BCUT2D eigenvalue weighted by Crippen LogP contribution is 2.32. The molecule has 0 unspecified atom stereocenters. The Kier molecular flexibility index (Phi) is 3.49. The summed E-state index contributed by atoms with van der Waals surface area (Å²) in [7, 11) is 0. The molecule has 3 heterocycles. The third-order valence-electron chi connectivity index (χ3n) is 4.58. The first-order chi connectivity index (χ1) is 13.2. The number of nitrogens with one attached hydrogen (secondary N) is 3. The van der Waals surface area contributed by atoms with Gasteiger partial charge in [0.1, 0.15) is 5.65 Å². The summed E-state index contributed by atoms with van der Waals surface area (Å²) in [4.78, 5) is 32.2. The quantitative estimate of drug-likeness (QED) is 0.659. The van der Waals surface area contributed by atoms with Crippen LogP contribution in [0.5, 0.6) is 11.5 Å². The summed E-state index contributed by atoms with van der Waals surface area (Å²) in [5.74, 6) is 0.730. The van der Waals surface area contributed by atoms with E-state index in [1.807, 2.05) is 0 Å². The van der Waals surface area contributed by atoms with Crippen molar-refractivity contribution >= 4 is 28.5 Å². The van der Waals surface area contributed by atoms with Gasteiger partial charge in [0.2, 0.25) is 6.79 Å². The highest BCUT2D eigenvalue weighted by Gasteiger charge is 2.25. The lowest BCUT2D eigenvalue weighted by atomic mass is 10.1. The van der Waals surface area contributed by atoms with Gasteiger partial charge >= 0.3 is 0 Å². The predicted octanol–water partition coefficient (Wildman–Crippen LogP) is 2.44. The largest absolute Gasteiger partial charge is 0.454 e.